The lowest BCUT2D eigenvalue weighted by atomic mass is 10.0. The van der Waals surface area contributed by atoms with Crippen LogP contribution in [0.4, 0.5) is 5.69 Å². The van der Waals surface area contributed by atoms with Gasteiger partial charge >= 0.3 is 0 Å². The highest BCUT2D eigenvalue weighted by Gasteiger charge is 2.22. The highest BCUT2D eigenvalue weighted by Crippen LogP contribution is 2.24. The molecule has 1 aromatic heterocycles. The van der Waals surface area contributed by atoms with Crippen LogP contribution in [-0.4, -0.2) is 37.1 Å². The zero-order chi connectivity index (χ0) is 17.6. The molecular weight excluding hydrogens is 314 g/mol. The van der Waals surface area contributed by atoms with E-state index in [9.17, 15) is 4.79 Å². The third-order valence-corrected chi connectivity index (χ3v) is 4.69. The number of ether oxygens (including phenoxy) is 1. The number of amides is 1. The van der Waals surface area contributed by atoms with Crippen LogP contribution >= 0.6 is 0 Å². The van der Waals surface area contributed by atoms with Crippen LogP contribution in [0.5, 0.6) is 5.75 Å². The summed E-state index contributed by atoms with van der Waals surface area (Å²) in [7, 11) is 1.68. The van der Waals surface area contributed by atoms with E-state index in [2.05, 4.69) is 21.3 Å². The summed E-state index contributed by atoms with van der Waals surface area (Å²) in [5.41, 5.74) is 3.23. The lowest BCUT2D eigenvalue weighted by Gasteiger charge is -2.35. The van der Waals surface area contributed by atoms with E-state index in [1.807, 2.05) is 31.2 Å². The van der Waals surface area contributed by atoms with Gasteiger partial charge < -0.3 is 15.0 Å². The van der Waals surface area contributed by atoms with E-state index in [0.29, 0.717) is 6.42 Å². The smallest absolute Gasteiger partial charge is 0.224 e. The molecule has 1 aliphatic heterocycles. The van der Waals surface area contributed by atoms with Crippen LogP contribution in [0.25, 0.3) is 0 Å². The molecule has 5 nitrogen and oxygen atoms in total. The van der Waals surface area contributed by atoms with Crippen molar-refractivity contribution in [2.45, 2.75) is 32.2 Å². The molecule has 25 heavy (non-hydrogen) atoms. The predicted octanol–water partition coefficient (Wildman–Crippen LogP) is 2.73. The molecule has 1 atom stereocenters. The molecule has 0 aliphatic carbocycles. The first-order valence-corrected chi connectivity index (χ1v) is 8.73. The lowest BCUT2D eigenvalue weighted by molar-refractivity contribution is -0.121. The Bertz CT molecular complexity index is 732. The number of piperidine rings is 1. The number of carbonyl (C=O) groups is 1. The Labute approximate surface area is 149 Å². The minimum Gasteiger partial charge on any atom is -0.497 e. The van der Waals surface area contributed by atoms with Crippen molar-refractivity contribution in [1.82, 2.24) is 10.3 Å². The van der Waals surface area contributed by atoms with Gasteiger partial charge in [-0.1, -0.05) is 6.07 Å². The van der Waals surface area contributed by atoms with E-state index < -0.39 is 0 Å². The fraction of sp³-hybridized carbons (Fsp3) is 0.400. The second-order valence-corrected chi connectivity index (χ2v) is 6.53. The lowest BCUT2D eigenvalue weighted by Crippen LogP contribution is -2.48. The van der Waals surface area contributed by atoms with Gasteiger partial charge in [-0.05, 0) is 49.1 Å². The fourth-order valence-corrected chi connectivity index (χ4v) is 3.29. The zero-order valence-corrected chi connectivity index (χ0v) is 14.9. The largest absolute Gasteiger partial charge is 0.497 e. The number of aryl methyl sites for hydroxylation is 1. The number of methoxy groups -OCH3 is 1. The number of rotatable bonds is 5. The summed E-state index contributed by atoms with van der Waals surface area (Å²) < 4.78 is 5.31. The number of benzene rings is 1. The molecule has 2 heterocycles. The maximum atomic E-state index is 12.4. The summed E-state index contributed by atoms with van der Waals surface area (Å²) in [6, 6.07) is 10.2. The molecule has 1 aromatic carbocycles. The summed E-state index contributed by atoms with van der Waals surface area (Å²) in [6.45, 7) is 3.82. The predicted molar refractivity (Wildman–Crippen MR) is 99.0 cm³/mol. The van der Waals surface area contributed by atoms with Crippen molar-refractivity contribution >= 4 is 11.6 Å². The maximum Gasteiger partial charge on any atom is 0.224 e. The van der Waals surface area contributed by atoms with E-state index in [4.69, 9.17) is 4.74 Å². The summed E-state index contributed by atoms with van der Waals surface area (Å²) >= 11 is 0. The van der Waals surface area contributed by atoms with Crippen LogP contribution in [0.2, 0.25) is 0 Å². The molecule has 1 aliphatic rings. The van der Waals surface area contributed by atoms with Gasteiger partial charge in [0.1, 0.15) is 5.75 Å². The Morgan fingerprint density at radius 2 is 2.28 bits per heavy atom. The molecule has 1 saturated heterocycles. The van der Waals surface area contributed by atoms with Crippen LogP contribution in [-0.2, 0) is 11.2 Å². The number of nitrogens with zero attached hydrogens (tertiary/aromatic N) is 2. The topological polar surface area (TPSA) is 54.5 Å². The Kier molecular flexibility index (Phi) is 5.53. The molecule has 0 saturated carbocycles. The van der Waals surface area contributed by atoms with E-state index in [-0.39, 0.29) is 11.9 Å². The number of hydrogen-bond acceptors (Lipinski definition) is 4. The standard InChI is InChI=1S/C20H25N3O2/c1-15-13-21-9-8-16(15)11-20(24)22-17-5-4-10-23(14-17)18-6-3-7-19(12-18)25-2/h3,6-9,12-13,17H,4-5,10-11,14H2,1-2H3,(H,22,24)/t17-/m0/s1. The maximum absolute atomic E-state index is 12.4. The Balaban J connectivity index is 1.59. The number of aromatic nitrogens is 1. The van der Waals surface area contributed by atoms with Crippen molar-refractivity contribution in [2.24, 2.45) is 0 Å². The second-order valence-electron chi connectivity index (χ2n) is 6.53. The second kappa shape index (κ2) is 8.01. The van der Waals surface area contributed by atoms with Crippen LogP contribution in [0, 0.1) is 6.92 Å². The van der Waals surface area contributed by atoms with Gasteiger partial charge in [-0.2, -0.15) is 0 Å². The first kappa shape index (κ1) is 17.3. The van der Waals surface area contributed by atoms with E-state index >= 15 is 0 Å². The summed E-state index contributed by atoms with van der Waals surface area (Å²) in [5, 5.41) is 3.19. The molecule has 132 valence electrons. The summed E-state index contributed by atoms with van der Waals surface area (Å²) in [4.78, 5) is 18.8. The number of pyridine rings is 1. The van der Waals surface area contributed by atoms with Gasteiger partial charge in [0, 0.05) is 43.3 Å². The zero-order valence-electron chi connectivity index (χ0n) is 14.9. The molecule has 0 bridgehead atoms. The number of carbonyl (C=O) groups excluding carboxylic acids is 1. The van der Waals surface area contributed by atoms with Gasteiger partial charge in [-0.25, -0.2) is 0 Å². The number of anilines is 1. The van der Waals surface area contributed by atoms with Gasteiger partial charge in [-0.3, -0.25) is 9.78 Å². The van der Waals surface area contributed by atoms with Gasteiger partial charge in [0.2, 0.25) is 5.91 Å². The van der Waals surface area contributed by atoms with Crippen molar-refractivity contribution in [2.75, 3.05) is 25.1 Å². The third kappa shape index (κ3) is 4.50. The average Bonchev–Trinajstić information content (AvgIpc) is 2.64. The molecule has 2 aromatic rings. The molecule has 0 spiro atoms. The Morgan fingerprint density at radius 3 is 3.08 bits per heavy atom. The van der Waals surface area contributed by atoms with Crippen LogP contribution < -0.4 is 15.0 Å². The van der Waals surface area contributed by atoms with Gasteiger partial charge in [-0.15, -0.1) is 0 Å². The van der Waals surface area contributed by atoms with Crippen molar-refractivity contribution in [3.63, 3.8) is 0 Å². The quantitative estimate of drug-likeness (QED) is 0.910. The van der Waals surface area contributed by atoms with Crippen LogP contribution in [0.15, 0.2) is 42.7 Å². The summed E-state index contributed by atoms with van der Waals surface area (Å²) in [6.07, 6.45) is 6.02. The summed E-state index contributed by atoms with van der Waals surface area (Å²) in [5.74, 6) is 0.934. The number of nitrogens with one attached hydrogen (secondary N) is 1. The van der Waals surface area contributed by atoms with Crippen molar-refractivity contribution in [3.05, 3.63) is 53.9 Å². The SMILES string of the molecule is COc1cccc(N2CCC[C@H](NC(=O)Cc3ccncc3C)C2)c1. The van der Waals surface area contributed by atoms with Gasteiger partial charge in [0.15, 0.2) is 0 Å². The molecule has 5 heteroatoms. The van der Waals surface area contributed by atoms with Gasteiger partial charge in [0.25, 0.3) is 0 Å². The molecule has 0 radical (unpaired) electrons. The van der Waals surface area contributed by atoms with E-state index in [0.717, 1.165) is 48.5 Å². The third-order valence-electron chi connectivity index (χ3n) is 4.69. The highest BCUT2D eigenvalue weighted by molar-refractivity contribution is 5.79. The minimum atomic E-state index is 0.0757. The first-order chi connectivity index (χ1) is 12.2. The minimum absolute atomic E-state index is 0.0757. The van der Waals surface area contributed by atoms with Crippen LogP contribution in [0.1, 0.15) is 24.0 Å². The number of hydrogen-bond donors (Lipinski definition) is 1. The Morgan fingerprint density at radius 1 is 1.40 bits per heavy atom. The van der Waals surface area contributed by atoms with Crippen molar-refractivity contribution in [3.8, 4) is 5.75 Å². The normalized spacial score (nSPS) is 17.2. The average molecular weight is 339 g/mol. The van der Waals surface area contributed by atoms with E-state index in [1.165, 1.54) is 0 Å². The fourth-order valence-electron chi connectivity index (χ4n) is 3.29. The van der Waals surface area contributed by atoms with Gasteiger partial charge in [0.05, 0.1) is 13.5 Å². The first-order valence-electron chi connectivity index (χ1n) is 8.73. The van der Waals surface area contributed by atoms with E-state index in [1.54, 1.807) is 19.5 Å². The molecule has 1 fully saturated rings. The van der Waals surface area contributed by atoms with Crippen molar-refractivity contribution < 1.29 is 9.53 Å². The molecule has 1 amide bonds. The highest BCUT2D eigenvalue weighted by atomic mass is 16.5. The monoisotopic (exact) mass is 339 g/mol. The van der Waals surface area contributed by atoms with Crippen LogP contribution in [0.3, 0.4) is 0 Å². The molecule has 1 N–H and O–H groups in total. The molecular formula is C20H25N3O2. The Hall–Kier alpha value is -2.56. The molecule has 0 unspecified atom stereocenters. The molecule has 3 rings (SSSR count). The van der Waals surface area contributed by atoms with Crippen molar-refractivity contribution in [1.29, 1.82) is 0 Å².